The molecule has 98 valence electrons. The number of thiol groups is 1. The number of H-pyrrole nitrogens is 1. The molecule has 0 amide bonds. The Morgan fingerprint density at radius 1 is 1.10 bits per heavy atom. The monoisotopic (exact) mass is 297 g/mol. The zero-order valence-electron chi connectivity index (χ0n) is 10.4. The SMILES string of the molecule is SNc1cc(-c2cc3ccccc3s2)c2[nH]ncc2c1. The minimum absolute atomic E-state index is 0.967. The van der Waals surface area contributed by atoms with Gasteiger partial charge in [0.2, 0.25) is 0 Å². The molecular formula is C15H11N3S2. The highest BCUT2D eigenvalue weighted by atomic mass is 32.1. The average Bonchev–Trinajstić information content (AvgIpc) is 3.12. The second kappa shape index (κ2) is 4.54. The highest BCUT2D eigenvalue weighted by Crippen LogP contribution is 2.38. The summed E-state index contributed by atoms with van der Waals surface area (Å²) in [6, 6.07) is 14.8. The minimum Gasteiger partial charge on any atom is -0.332 e. The average molecular weight is 297 g/mol. The fourth-order valence-corrected chi connectivity index (χ4v) is 3.65. The first-order valence-electron chi connectivity index (χ1n) is 6.21. The number of nitrogens with zero attached hydrogens (tertiary/aromatic N) is 1. The molecule has 2 aromatic heterocycles. The summed E-state index contributed by atoms with van der Waals surface area (Å²) in [6.07, 6.45) is 1.83. The molecular weight excluding hydrogens is 286 g/mol. The van der Waals surface area contributed by atoms with Crippen molar-refractivity contribution in [3.8, 4) is 10.4 Å². The van der Waals surface area contributed by atoms with Gasteiger partial charge in [-0.3, -0.25) is 5.10 Å². The lowest BCUT2D eigenvalue weighted by Gasteiger charge is -2.04. The van der Waals surface area contributed by atoms with Crippen molar-refractivity contribution in [3.05, 3.63) is 48.7 Å². The number of benzene rings is 2. The van der Waals surface area contributed by atoms with Crippen LogP contribution in [0, 0.1) is 0 Å². The first kappa shape index (κ1) is 11.8. The van der Waals surface area contributed by atoms with Crippen LogP contribution in [0.25, 0.3) is 31.4 Å². The van der Waals surface area contributed by atoms with E-state index in [2.05, 4.69) is 64.1 Å². The summed E-state index contributed by atoms with van der Waals surface area (Å²) in [7, 11) is 0. The fourth-order valence-electron chi connectivity index (χ4n) is 2.43. The van der Waals surface area contributed by atoms with Crippen LogP contribution in [0.4, 0.5) is 5.69 Å². The van der Waals surface area contributed by atoms with Gasteiger partial charge in [-0.15, -0.1) is 11.3 Å². The van der Waals surface area contributed by atoms with Crippen LogP contribution in [0.1, 0.15) is 0 Å². The van der Waals surface area contributed by atoms with Crippen LogP contribution >= 0.6 is 24.2 Å². The molecule has 3 nitrogen and oxygen atoms in total. The van der Waals surface area contributed by atoms with Crippen molar-refractivity contribution < 1.29 is 0 Å². The second-order valence-corrected chi connectivity index (χ2v) is 5.93. The summed E-state index contributed by atoms with van der Waals surface area (Å²) >= 11 is 5.94. The van der Waals surface area contributed by atoms with Crippen LogP contribution in [0.5, 0.6) is 0 Å². The number of aromatic amines is 1. The molecule has 0 saturated carbocycles. The minimum atomic E-state index is 0.967. The van der Waals surface area contributed by atoms with Crippen LogP contribution in [-0.2, 0) is 0 Å². The van der Waals surface area contributed by atoms with E-state index in [4.69, 9.17) is 0 Å². The van der Waals surface area contributed by atoms with Crippen molar-refractivity contribution in [1.29, 1.82) is 0 Å². The molecule has 0 aliphatic rings. The van der Waals surface area contributed by atoms with Crippen LogP contribution in [0.2, 0.25) is 0 Å². The molecule has 0 atom stereocenters. The lowest BCUT2D eigenvalue weighted by atomic mass is 10.1. The quantitative estimate of drug-likeness (QED) is 0.469. The maximum atomic E-state index is 4.15. The Kier molecular flexibility index (Phi) is 2.68. The molecule has 0 spiro atoms. The number of rotatable bonds is 2. The van der Waals surface area contributed by atoms with Crippen molar-refractivity contribution in [2.24, 2.45) is 0 Å². The Hall–Kier alpha value is -1.98. The van der Waals surface area contributed by atoms with Crippen molar-refractivity contribution in [1.82, 2.24) is 10.2 Å². The normalized spacial score (nSPS) is 11.2. The van der Waals surface area contributed by atoms with E-state index < -0.39 is 0 Å². The van der Waals surface area contributed by atoms with Crippen molar-refractivity contribution in [3.63, 3.8) is 0 Å². The molecule has 0 fully saturated rings. The third kappa shape index (κ3) is 1.78. The van der Waals surface area contributed by atoms with Crippen molar-refractivity contribution in [2.75, 3.05) is 4.72 Å². The van der Waals surface area contributed by atoms with E-state index in [1.54, 1.807) is 11.3 Å². The van der Waals surface area contributed by atoms with Gasteiger partial charge in [0.25, 0.3) is 0 Å². The Balaban J connectivity index is 2.02. The van der Waals surface area contributed by atoms with Gasteiger partial charge in [-0.25, -0.2) is 0 Å². The summed E-state index contributed by atoms with van der Waals surface area (Å²) in [5.41, 5.74) is 3.18. The summed E-state index contributed by atoms with van der Waals surface area (Å²) in [5, 5.41) is 9.58. The Bertz CT molecular complexity index is 875. The predicted molar refractivity (Wildman–Crippen MR) is 89.5 cm³/mol. The largest absolute Gasteiger partial charge is 0.332 e. The van der Waals surface area contributed by atoms with Crippen LogP contribution in [-0.4, -0.2) is 10.2 Å². The number of fused-ring (bicyclic) bond motifs is 2. The lowest BCUT2D eigenvalue weighted by Crippen LogP contribution is -1.83. The highest BCUT2D eigenvalue weighted by molar-refractivity contribution is 7.81. The van der Waals surface area contributed by atoms with E-state index in [-0.39, 0.29) is 0 Å². The molecule has 0 aliphatic heterocycles. The molecule has 0 radical (unpaired) electrons. The number of nitrogens with one attached hydrogen (secondary N) is 2. The van der Waals surface area contributed by atoms with Gasteiger partial charge >= 0.3 is 0 Å². The maximum absolute atomic E-state index is 4.15. The van der Waals surface area contributed by atoms with E-state index >= 15 is 0 Å². The van der Waals surface area contributed by atoms with E-state index in [0.29, 0.717) is 0 Å². The molecule has 0 saturated heterocycles. The molecule has 2 heterocycles. The van der Waals surface area contributed by atoms with Gasteiger partial charge in [-0.05, 0) is 29.7 Å². The van der Waals surface area contributed by atoms with Gasteiger partial charge in [0.05, 0.1) is 11.7 Å². The lowest BCUT2D eigenvalue weighted by molar-refractivity contribution is 1.12. The standard InChI is InChI=1S/C15H11N3S2/c19-18-11-5-10-8-16-17-15(10)12(7-11)14-6-9-3-1-2-4-13(9)20-14/h1-8,18-19H,(H,16,17). The summed E-state index contributed by atoms with van der Waals surface area (Å²) in [5.74, 6) is 0. The second-order valence-electron chi connectivity index (χ2n) is 4.62. The Labute approximate surface area is 125 Å². The molecule has 5 heteroatoms. The van der Waals surface area contributed by atoms with Gasteiger partial charge in [-0.2, -0.15) is 5.10 Å². The van der Waals surface area contributed by atoms with Gasteiger partial charge < -0.3 is 4.72 Å². The summed E-state index contributed by atoms with van der Waals surface area (Å²) in [4.78, 5) is 1.23. The zero-order chi connectivity index (χ0) is 13.5. The maximum Gasteiger partial charge on any atom is 0.0738 e. The molecule has 20 heavy (non-hydrogen) atoms. The van der Waals surface area contributed by atoms with Crippen LogP contribution in [0.3, 0.4) is 0 Å². The first-order valence-corrected chi connectivity index (χ1v) is 7.48. The number of hydrogen-bond acceptors (Lipinski definition) is 4. The smallest absolute Gasteiger partial charge is 0.0738 e. The third-order valence-corrected chi connectivity index (χ3v) is 4.78. The van der Waals surface area contributed by atoms with Gasteiger partial charge in [-0.1, -0.05) is 31.0 Å². The Morgan fingerprint density at radius 3 is 2.85 bits per heavy atom. The van der Waals surface area contributed by atoms with Gasteiger partial charge in [0, 0.05) is 26.2 Å². The fraction of sp³-hybridized carbons (Fsp3) is 0. The molecule has 0 unspecified atom stereocenters. The van der Waals surface area contributed by atoms with Crippen LogP contribution in [0.15, 0.2) is 48.7 Å². The van der Waals surface area contributed by atoms with E-state index in [1.807, 2.05) is 12.3 Å². The molecule has 0 bridgehead atoms. The predicted octanol–water partition coefficient (Wildman–Crippen LogP) is 4.70. The van der Waals surface area contributed by atoms with Gasteiger partial charge in [0.15, 0.2) is 0 Å². The van der Waals surface area contributed by atoms with Crippen LogP contribution < -0.4 is 4.72 Å². The molecule has 0 aliphatic carbocycles. The topological polar surface area (TPSA) is 40.7 Å². The summed E-state index contributed by atoms with van der Waals surface area (Å²) in [6.45, 7) is 0. The van der Waals surface area contributed by atoms with E-state index in [0.717, 1.165) is 22.2 Å². The number of aromatic nitrogens is 2. The molecule has 2 N–H and O–H groups in total. The number of thiophene rings is 1. The molecule has 4 aromatic rings. The van der Waals surface area contributed by atoms with Crippen molar-refractivity contribution in [2.45, 2.75) is 0 Å². The third-order valence-electron chi connectivity index (χ3n) is 3.37. The summed E-state index contributed by atoms with van der Waals surface area (Å²) < 4.78 is 4.20. The van der Waals surface area contributed by atoms with E-state index in [1.165, 1.54) is 15.0 Å². The molecule has 2 aromatic carbocycles. The van der Waals surface area contributed by atoms with Crippen molar-refractivity contribution >= 4 is 50.8 Å². The highest BCUT2D eigenvalue weighted by Gasteiger charge is 2.11. The zero-order valence-corrected chi connectivity index (χ0v) is 12.1. The number of hydrogen-bond donors (Lipinski definition) is 3. The number of anilines is 1. The molecule has 4 rings (SSSR count). The van der Waals surface area contributed by atoms with E-state index in [9.17, 15) is 0 Å². The van der Waals surface area contributed by atoms with Gasteiger partial charge in [0.1, 0.15) is 0 Å². The first-order chi connectivity index (χ1) is 9.85. The Morgan fingerprint density at radius 2 is 2.00 bits per heavy atom.